The largest absolute Gasteiger partial charge is 0.307 e. The minimum absolute atomic E-state index is 0.693. The summed E-state index contributed by atoms with van der Waals surface area (Å²) in [5, 5.41) is 9.58. The summed E-state index contributed by atoms with van der Waals surface area (Å²) in [5.41, 5.74) is 10.6. The van der Waals surface area contributed by atoms with Gasteiger partial charge in [0, 0.05) is 43.8 Å². The van der Waals surface area contributed by atoms with Gasteiger partial charge in [-0.3, -0.25) is 0 Å². The molecule has 3 heteroatoms. The van der Waals surface area contributed by atoms with Gasteiger partial charge >= 0.3 is 0 Å². The van der Waals surface area contributed by atoms with Crippen LogP contribution in [-0.4, -0.2) is 14.5 Å². The summed E-state index contributed by atoms with van der Waals surface area (Å²) in [4.78, 5) is 10.7. The smallest absolute Gasteiger partial charge is 0.161 e. The Morgan fingerprint density at radius 1 is 0.327 bits per heavy atom. The molecule has 0 saturated heterocycles. The van der Waals surface area contributed by atoms with Gasteiger partial charge in [0.05, 0.1) is 28.1 Å². The van der Waals surface area contributed by atoms with E-state index in [0.717, 1.165) is 55.7 Å². The van der Waals surface area contributed by atoms with Gasteiger partial charge in [-0.25, -0.2) is 9.97 Å². The molecule has 0 unspecified atom stereocenters. The van der Waals surface area contributed by atoms with Crippen LogP contribution in [0.4, 0.5) is 0 Å². The zero-order valence-electron chi connectivity index (χ0n) is 29.9. The highest BCUT2D eigenvalue weighted by Crippen LogP contribution is 2.45. The van der Waals surface area contributed by atoms with Crippen molar-refractivity contribution in [2.75, 3.05) is 0 Å². The summed E-state index contributed by atoms with van der Waals surface area (Å²) in [6, 6.07) is 71.6. The summed E-state index contributed by atoms with van der Waals surface area (Å²) < 4.78 is 2.53. The Hall–Kier alpha value is -7.36. The van der Waals surface area contributed by atoms with Crippen molar-refractivity contribution in [3.05, 3.63) is 200 Å². The standard InChI is InChI=1S/C52H33N3/c1-4-16-34(17-5-1)44-32-46(52-53-47(36-19-6-2-7-20-36)33-48(54-52)37-21-8-3-9-22-37)41-26-14-15-27-42(41)51(44)55-49-31-39-24-11-10-23-38(39)30-45(49)43-29-28-35-18-12-13-25-40(35)50(43)55/h1-33H. The average molecular weight is 700 g/mol. The van der Waals surface area contributed by atoms with E-state index < -0.39 is 0 Å². The molecule has 0 aliphatic rings. The molecule has 9 aromatic carbocycles. The van der Waals surface area contributed by atoms with Gasteiger partial charge in [-0.05, 0) is 51.4 Å². The first-order valence-corrected chi connectivity index (χ1v) is 18.7. The molecule has 0 amide bonds. The quantitative estimate of drug-likeness (QED) is 0.179. The molecular weight excluding hydrogens is 667 g/mol. The minimum Gasteiger partial charge on any atom is -0.307 e. The first kappa shape index (κ1) is 31.2. The summed E-state index contributed by atoms with van der Waals surface area (Å²) in [6.07, 6.45) is 0. The van der Waals surface area contributed by atoms with Gasteiger partial charge in [0.15, 0.2) is 5.82 Å². The molecule has 11 aromatic rings. The van der Waals surface area contributed by atoms with E-state index in [9.17, 15) is 0 Å². The van der Waals surface area contributed by atoms with E-state index in [1.165, 1.54) is 43.4 Å². The summed E-state index contributed by atoms with van der Waals surface area (Å²) >= 11 is 0. The number of hydrogen-bond donors (Lipinski definition) is 0. The van der Waals surface area contributed by atoms with Gasteiger partial charge < -0.3 is 4.57 Å². The van der Waals surface area contributed by atoms with E-state index in [1.807, 2.05) is 12.1 Å². The second-order valence-corrected chi connectivity index (χ2v) is 14.2. The van der Waals surface area contributed by atoms with Crippen molar-refractivity contribution < 1.29 is 0 Å². The highest BCUT2D eigenvalue weighted by molar-refractivity contribution is 6.22. The maximum Gasteiger partial charge on any atom is 0.161 e. The average Bonchev–Trinajstić information content (AvgIpc) is 3.58. The molecule has 0 bridgehead atoms. The van der Waals surface area contributed by atoms with Gasteiger partial charge in [-0.1, -0.05) is 176 Å². The van der Waals surface area contributed by atoms with E-state index in [2.05, 4.69) is 193 Å². The van der Waals surface area contributed by atoms with Gasteiger partial charge in [0.25, 0.3) is 0 Å². The lowest BCUT2D eigenvalue weighted by Crippen LogP contribution is -2.02. The molecule has 11 rings (SSSR count). The van der Waals surface area contributed by atoms with E-state index in [0.29, 0.717) is 5.82 Å². The van der Waals surface area contributed by atoms with Gasteiger partial charge in [0.1, 0.15) is 0 Å². The fraction of sp³-hybridized carbons (Fsp3) is 0. The molecule has 0 aliphatic carbocycles. The van der Waals surface area contributed by atoms with Gasteiger partial charge in [-0.2, -0.15) is 0 Å². The SMILES string of the molecule is c1ccc(-c2cc(-c3ccccc3)nc(-c3cc(-c4ccccc4)c(-n4c5cc6ccccc6cc5c5ccc6ccccc6c54)c4ccccc34)n2)cc1. The molecule has 3 nitrogen and oxygen atoms in total. The molecule has 0 N–H and O–H groups in total. The molecule has 0 spiro atoms. The van der Waals surface area contributed by atoms with Crippen LogP contribution in [0.3, 0.4) is 0 Å². The van der Waals surface area contributed by atoms with Crippen LogP contribution in [-0.2, 0) is 0 Å². The Labute approximate surface area is 318 Å². The second kappa shape index (κ2) is 12.6. The zero-order valence-corrected chi connectivity index (χ0v) is 29.9. The van der Waals surface area contributed by atoms with Crippen molar-refractivity contribution in [3.63, 3.8) is 0 Å². The van der Waals surface area contributed by atoms with Crippen LogP contribution in [0.15, 0.2) is 200 Å². The predicted octanol–water partition coefficient (Wildman–Crippen LogP) is 13.7. The first-order chi connectivity index (χ1) is 27.3. The Kier molecular flexibility index (Phi) is 7.17. The van der Waals surface area contributed by atoms with Crippen molar-refractivity contribution >= 4 is 54.1 Å². The summed E-state index contributed by atoms with van der Waals surface area (Å²) in [5.74, 6) is 0.693. The molecule has 2 aromatic heterocycles. The van der Waals surface area contributed by atoms with Crippen LogP contribution in [0.1, 0.15) is 0 Å². The molecule has 55 heavy (non-hydrogen) atoms. The van der Waals surface area contributed by atoms with Crippen molar-refractivity contribution in [1.29, 1.82) is 0 Å². The van der Waals surface area contributed by atoms with E-state index in [1.54, 1.807) is 0 Å². The van der Waals surface area contributed by atoms with Crippen molar-refractivity contribution in [1.82, 2.24) is 14.5 Å². The van der Waals surface area contributed by atoms with Crippen molar-refractivity contribution in [3.8, 4) is 50.7 Å². The Balaban J connectivity index is 1.30. The highest BCUT2D eigenvalue weighted by atomic mass is 15.0. The van der Waals surface area contributed by atoms with Crippen LogP contribution >= 0.6 is 0 Å². The second-order valence-electron chi connectivity index (χ2n) is 14.2. The third kappa shape index (κ3) is 5.13. The molecule has 0 saturated carbocycles. The van der Waals surface area contributed by atoms with Gasteiger partial charge in [-0.15, -0.1) is 0 Å². The fourth-order valence-electron chi connectivity index (χ4n) is 8.40. The molecule has 2 heterocycles. The van der Waals surface area contributed by atoms with Gasteiger partial charge in [0.2, 0.25) is 0 Å². The number of benzene rings is 9. The maximum absolute atomic E-state index is 5.33. The number of hydrogen-bond acceptors (Lipinski definition) is 2. The Morgan fingerprint density at radius 3 is 1.51 bits per heavy atom. The lowest BCUT2D eigenvalue weighted by Gasteiger charge is -2.21. The van der Waals surface area contributed by atoms with Crippen LogP contribution in [0, 0.1) is 0 Å². The molecule has 0 aliphatic heterocycles. The molecule has 256 valence electrons. The molecular formula is C52H33N3. The minimum atomic E-state index is 0.693. The Bertz CT molecular complexity index is 3180. The van der Waals surface area contributed by atoms with Crippen molar-refractivity contribution in [2.45, 2.75) is 0 Å². The predicted molar refractivity (Wildman–Crippen MR) is 231 cm³/mol. The Morgan fingerprint density at radius 2 is 0.855 bits per heavy atom. The lowest BCUT2D eigenvalue weighted by atomic mass is 9.93. The van der Waals surface area contributed by atoms with Crippen LogP contribution in [0.25, 0.3) is 105 Å². The normalized spacial score (nSPS) is 11.6. The molecule has 0 radical (unpaired) electrons. The van der Waals surface area contributed by atoms with Crippen molar-refractivity contribution in [2.24, 2.45) is 0 Å². The first-order valence-electron chi connectivity index (χ1n) is 18.7. The maximum atomic E-state index is 5.33. The third-order valence-electron chi connectivity index (χ3n) is 11.0. The van der Waals surface area contributed by atoms with Crippen LogP contribution in [0.5, 0.6) is 0 Å². The monoisotopic (exact) mass is 699 g/mol. The topological polar surface area (TPSA) is 30.7 Å². The lowest BCUT2D eigenvalue weighted by molar-refractivity contribution is 1.18. The molecule has 0 fully saturated rings. The molecule has 0 atom stereocenters. The number of nitrogens with zero attached hydrogens (tertiary/aromatic N) is 3. The zero-order chi connectivity index (χ0) is 36.3. The van der Waals surface area contributed by atoms with Crippen LogP contribution in [0.2, 0.25) is 0 Å². The number of aromatic nitrogens is 3. The number of fused-ring (bicyclic) bond motifs is 7. The van der Waals surface area contributed by atoms with E-state index >= 15 is 0 Å². The fourth-order valence-corrected chi connectivity index (χ4v) is 8.40. The number of rotatable bonds is 5. The third-order valence-corrected chi connectivity index (χ3v) is 11.0. The van der Waals surface area contributed by atoms with Crippen LogP contribution < -0.4 is 0 Å². The highest BCUT2D eigenvalue weighted by Gasteiger charge is 2.23. The summed E-state index contributed by atoms with van der Waals surface area (Å²) in [6.45, 7) is 0. The van der Waals surface area contributed by atoms with E-state index in [4.69, 9.17) is 9.97 Å². The van der Waals surface area contributed by atoms with E-state index in [-0.39, 0.29) is 0 Å². The summed E-state index contributed by atoms with van der Waals surface area (Å²) in [7, 11) is 0.